The van der Waals surface area contributed by atoms with E-state index in [0.29, 0.717) is 6.42 Å². The third kappa shape index (κ3) is 5.95. The number of nitrogens with one attached hydrogen (secondary N) is 1. The molecule has 2 rings (SSSR count). The molecule has 2 atom stereocenters. The van der Waals surface area contributed by atoms with Gasteiger partial charge in [0, 0.05) is 29.7 Å². The van der Waals surface area contributed by atoms with Crippen LogP contribution in [-0.4, -0.2) is 17.4 Å². The highest BCUT2D eigenvalue weighted by Crippen LogP contribution is 2.40. The van der Waals surface area contributed by atoms with E-state index in [2.05, 4.69) is 24.4 Å². The molecule has 0 heterocycles. The van der Waals surface area contributed by atoms with Crippen LogP contribution in [0.4, 0.5) is 0 Å². The van der Waals surface area contributed by atoms with Crippen molar-refractivity contribution < 1.29 is 14.3 Å². The minimum atomic E-state index is -0.488. The molecule has 0 aliphatic heterocycles. The number of benzene rings is 1. The highest BCUT2D eigenvalue weighted by Gasteiger charge is 2.38. The van der Waals surface area contributed by atoms with Gasteiger partial charge in [0.25, 0.3) is 0 Å². The first kappa shape index (κ1) is 21.2. The summed E-state index contributed by atoms with van der Waals surface area (Å²) in [5.74, 6) is -0.101. The van der Waals surface area contributed by atoms with E-state index in [4.69, 9.17) is 4.74 Å². The molecular weight excluding hydrogens is 338 g/mol. The second-order valence-corrected chi connectivity index (χ2v) is 8.53. The molecular formula is C23H33NO3. The summed E-state index contributed by atoms with van der Waals surface area (Å²) >= 11 is 0. The first-order chi connectivity index (χ1) is 12.6. The van der Waals surface area contributed by atoms with Crippen molar-refractivity contribution in [2.24, 2.45) is 5.41 Å². The molecule has 1 aromatic rings. The van der Waals surface area contributed by atoms with Gasteiger partial charge in [-0.2, -0.15) is 0 Å². The maximum Gasteiger partial charge on any atom is 0.306 e. The third-order valence-electron chi connectivity index (χ3n) is 5.31. The maximum atomic E-state index is 12.9. The Labute approximate surface area is 163 Å². The Bertz CT molecular complexity index is 687. The van der Waals surface area contributed by atoms with Gasteiger partial charge in [0.15, 0.2) is 5.78 Å². The average Bonchev–Trinajstić information content (AvgIpc) is 2.61. The summed E-state index contributed by atoms with van der Waals surface area (Å²) < 4.78 is 5.40. The molecule has 0 saturated heterocycles. The fourth-order valence-corrected chi connectivity index (χ4v) is 3.61. The van der Waals surface area contributed by atoms with Crippen molar-refractivity contribution in [1.29, 1.82) is 0 Å². The number of allylic oxidation sites excluding steroid dienone is 2. The van der Waals surface area contributed by atoms with Crippen molar-refractivity contribution in [3.63, 3.8) is 0 Å². The lowest BCUT2D eigenvalue weighted by Gasteiger charge is -2.35. The lowest BCUT2D eigenvalue weighted by molar-refractivity contribution is -0.155. The van der Waals surface area contributed by atoms with Crippen LogP contribution in [0, 0.1) is 5.41 Å². The fraction of sp³-hybridized carbons (Fsp3) is 0.565. The highest BCUT2D eigenvalue weighted by atomic mass is 16.6. The molecule has 148 valence electrons. The van der Waals surface area contributed by atoms with E-state index in [0.717, 1.165) is 25.0 Å². The number of carbonyl (C=O) groups is 2. The quantitative estimate of drug-likeness (QED) is 0.677. The average molecular weight is 372 g/mol. The van der Waals surface area contributed by atoms with Crippen LogP contribution in [0.2, 0.25) is 0 Å². The first-order valence-electron chi connectivity index (χ1n) is 9.93. The predicted octanol–water partition coefficient (Wildman–Crippen LogP) is 5.10. The Morgan fingerprint density at radius 3 is 2.48 bits per heavy atom. The molecule has 0 bridgehead atoms. The number of ether oxygens (including phenoxy) is 1. The number of ketones is 1. The molecule has 0 radical (unpaired) electrons. The standard InChI is InChI=1S/C23H33NO3/c1-6-23(15-13-21(26)27-22(3,4)5)14-12-19(16-20(23)25)24-17(2)18-10-8-7-9-11-18/h7-11,16-17,24H,6,12-15H2,1-5H3/t17-,23+/m0/s1. The SMILES string of the molecule is CC[C@]1(CCC(=O)OC(C)(C)C)CCC(N[C@@H](C)c2ccccc2)=CC1=O. The van der Waals surface area contributed by atoms with Gasteiger partial charge in [-0.05, 0) is 58.9 Å². The Balaban J connectivity index is 1.99. The zero-order chi connectivity index (χ0) is 20.1. The van der Waals surface area contributed by atoms with E-state index in [-0.39, 0.29) is 24.2 Å². The van der Waals surface area contributed by atoms with Crippen LogP contribution in [0.5, 0.6) is 0 Å². The summed E-state index contributed by atoms with van der Waals surface area (Å²) in [6, 6.07) is 10.4. The van der Waals surface area contributed by atoms with E-state index in [1.165, 1.54) is 5.56 Å². The van der Waals surface area contributed by atoms with Gasteiger partial charge >= 0.3 is 5.97 Å². The van der Waals surface area contributed by atoms with Gasteiger partial charge in [-0.1, -0.05) is 37.3 Å². The molecule has 0 unspecified atom stereocenters. The summed E-state index contributed by atoms with van der Waals surface area (Å²) in [6.07, 6.45) is 4.92. The number of carbonyl (C=O) groups excluding carboxylic acids is 2. The van der Waals surface area contributed by atoms with Gasteiger partial charge < -0.3 is 10.1 Å². The molecule has 4 heteroatoms. The van der Waals surface area contributed by atoms with Crippen LogP contribution in [0.15, 0.2) is 42.1 Å². The van der Waals surface area contributed by atoms with Crippen molar-refractivity contribution in [2.75, 3.05) is 0 Å². The zero-order valence-electron chi connectivity index (χ0n) is 17.3. The summed E-state index contributed by atoms with van der Waals surface area (Å²) in [5, 5.41) is 3.47. The Morgan fingerprint density at radius 1 is 1.26 bits per heavy atom. The Morgan fingerprint density at radius 2 is 1.93 bits per heavy atom. The van der Waals surface area contributed by atoms with Crippen LogP contribution >= 0.6 is 0 Å². The normalized spacial score (nSPS) is 21.4. The lowest BCUT2D eigenvalue weighted by Crippen LogP contribution is -2.36. The van der Waals surface area contributed by atoms with E-state index >= 15 is 0 Å². The summed E-state index contributed by atoms with van der Waals surface area (Å²) in [4.78, 5) is 25.0. The Kier molecular flexibility index (Phi) is 6.85. The van der Waals surface area contributed by atoms with Gasteiger partial charge in [0.2, 0.25) is 0 Å². The molecule has 0 spiro atoms. The predicted molar refractivity (Wildman–Crippen MR) is 108 cm³/mol. The van der Waals surface area contributed by atoms with Gasteiger partial charge in [-0.3, -0.25) is 9.59 Å². The van der Waals surface area contributed by atoms with Gasteiger partial charge in [-0.25, -0.2) is 0 Å². The van der Waals surface area contributed by atoms with Gasteiger partial charge in [0.1, 0.15) is 5.60 Å². The minimum Gasteiger partial charge on any atom is -0.460 e. The maximum absolute atomic E-state index is 12.9. The Hall–Kier alpha value is -2.10. The van der Waals surface area contributed by atoms with Crippen molar-refractivity contribution in [3.8, 4) is 0 Å². The largest absolute Gasteiger partial charge is 0.460 e. The fourth-order valence-electron chi connectivity index (χ4n) is 3.61. The van der Waals surface area contributed by atoms with Gasteiger partial charge in [0.05, 0.1) is 0 Å². The zero-order valence-corrected chi connectivity index (χ0v) is 17.3. The molecule has 1 aromatic carbocycles. The highest BCUT2D eigenvalue weighted by molar-refractivity contribution is 5.96. The summed E-state index contributed by atoms with van der Waals surface area (Å²) in [5.41, 5.74) is 1.25. The molecule has 0 fully saturated rings. The number of hydrogen-bond donors (Lipinski definition) is 1. The molecule has 0 saturated carbocycles. The molecule has 0 amide bonds. The summed E-state index contributed by atoms with van der Waals surface area (Å²) in [6.45, 7) is 9.72. The van der Waals surface area contributed by atoms with E-state index in [1.807, 2.05) is 45.9 Å². The molecule has 0 aromatic heterocycles. The van der Waals surface area contributed by atoms with E-state index in [9.17, 15) is 9.59 Å². The third-order valence-corrected chi connectivity index (χ3v) is 5.31. The van der Waals surface area contributed by atoms with Crippen molar-refractivity contribution in [3.05, 3.63) is 47.7 Å². The molecule has 4 nitrogen and oxygen atoms in total. The smallest absolute Gasteiger partial charge is 0.306 e. The van der Waals surface area contributed by atoms with Crippen LogP contribution in [0.3, 0.4) is 0 Å². The lowest BCUT2D eigenvalue weighted by atomic mass is 9.70. The monoisotopic (exact) mass is 371 g/mol. The van der Waals surface area contributed by atoms with Crippen molar-refractivity contribution in [1.82, 2.24) is 5.32 Å². The van der Waals surface area contributed by atoms with Crippen molar-refractivity contribution in [2.45, 2.75) is 78.4 Å². The molecule has 1 aliphatic rings. The molecule has 27 heavy (non-hydrogen) atoms. The molecule has 1 N–H and O–H groups in total. The van der Waals surface area contributed by atoms with Crippen LogP contribution in [0.1, 0.15) is 78.3 Å². The number of esters is 1. The van der Waals surface area contributed by atoms with Crippen LogP contribution in [0.25, 0.3) is 0 Å². The van der Waals surface area contributed by atoms with Crippen molar-refractivity contribution >= 4 is 11.8 Å². The second-order valence-electron chi connectivity index (χ2n) is 8.53. The molecule has 1 aliphatic carbocycles. The van der Waals surface area contributed by atoms with Crippen LogP contribution < -0.4 is 5.32 Å². The first-order valence-corrected chi connectivity index (χ1v) is 9.93. The minimum absolute atomic E-state index is 0.127. The topological polar surface area (TPSA) is 55.4 Å². The van der Waals surface area contributed by atoms with Gasteiger partial charge in [-0.15, -0.1) is 0 Å². The van der Waals surface area contributed by atoms with Crippen LogP contribution in [-0.2, 0) is 14.3 Å². The van der Waals surface area contributed by atoms with E-state index in [1.54, 1.807) is 6.08 Å². The second kappa shape index (κ2) is 8.73. The summed E-state index contributed by atoms with van der Waals surface area (Å²) in [7, 11) is 0. The van der Waals surface area contributed by atoms with E-state index < -0.39 is 11.0 Å². The number of rotatable bonds is 7. The number of hydrogen-bond acceptors (Lipinski definition) is 4.